The molecule has 2 bridgehead atoms. The first kappa shape index (κ1) is 59.3. The quantitative estimate of drug-likeness (QED) is 0.0391. The second-order valence-electron chi connectivity index (χ2n) is 21.0. The molecule has 2 amide bonds. The molecule has 2 aromatic heterocycles. The number of carbonyl (C=O) groups is 4. The Labute approximate surface area is 442 Å². The monoisotopic (exact) mass is 1110 g/mol. The molecule has 16 nitrogen and oxygen atoms in total. The molecular formula is C52H60F10N8O8. The molecule has 3 aliphatic heterocycles. The number of alkyl halides is 8. The lowest BCUT2D eigenvalue weighted by molar-refractivity contribution is -0.231. The summed E-state index contributed by atoms with van der Waals surface area (Å²) in [6.07, 6.45) is -12.6. The Bertz CT molecular complexity index is 2750. The number of benzene rings is 2. The van der Waals surface area contributed by atoms with Gasteiger partial charge in [-0.05, 0) is 74.1 Å². The van der Waals surface area contributed by atoms with Crippen LogP contribution in [0.4, 0.5) is 54.5 Å². The van der Waals surface area contributed by atoms with Gasteiger partial charge in [-0.2, -0.15) is 40.2 Å². The highest BCUT2D eigenvalue weighted by Gasteiger charge is 2.57. The van der Waals surface area contributed by atoms with E-state index in [-0.39, 0.29) is 22.4 Å². The summed E-state index contributed by atoms with van der Waals surface area (Å²) in [5.74, 6) is -9.82. The molecule has 26 heteroatoms. The summed E-state index contributed by atoms with van der Waals surface area (Å²) < 4.78 is 161. The van der Waals surface area contributed by atoms with E-state index < -0.39 is 121 Å². The van der Waals surface area contributed by atoms with Crippen LogP contribution in [-0.2, 0) is 41.6 Å². The van der Waals surface area contributed by atoms with Gasteiger partial charge in [-0.1, -0.05) is 38.1 Å². The van der Waals surface area contributed by atoms with E-state index in [9.17, 15) is 59.4 Å². The van der Waals surface area contributed by atoms with Crippen molar-refractivity contribution >= 4 is 29.6 Å². The van der Waals surface area contributed by atoms with Gasteiger partial charge in [-0.25, -0.2) is 28.3 Å². The minimum Gasteiger partial charge on any atom is -0.469 e. The zero-order chi connectivity index (χ0) is 57.2. The number of piperazine rings is 1. The summed E-state index contributed by atoms with van der Waals surface area (Å²) in [7, 11) is 1.71. The first-order valence-corrected chi connectivity index (χ1v) is 24.8. The molecule has 6 atom stereocenters. The third-order valence-electron chi connectivity index (χ3n) is 15.2. The number of ketones is 1. The second kappa shape index (κ2) is 23.5. The second-order valence-corrected chi connectivity index (χ2v) is 21.0. The van der Waals surface area contributed by atoms with Crippen LogP contribution in [0.1, 0.15) is 64.6 Å². The number of hydrogen-bond acceptors (Lipinski definition) is 13. The van der Waals surface area contributed by atoms with Crippen molar-refractivity contribution in [2.75, 3.05) is 52.0 Å². The van der Waals surface area contributed by atoms with Crippen molar-refractivity contribution < 1.29 is 82.4 Å². The highest BCUT2D eigenvalue weighted by molar-refractivity contribution is 5.88. The maximum Gasteiger partial charge on any atom is 0.407 e. The minimum absolute atomic E-state index is 0.214. The molecule has 3 fully saturated rings. The Morgan fingerprint density at radius 3 is 1.97 bits per heavy atom. The smallest absolute Gasteiger partial charge is 0.407 e. The molecule has 3 saturated heterocycles. The lowest BCUT2D eigenvalue weighted by Crippen LogP contribution is -2.57. The van der Waals surface area contributed by atoms with Crippen molar-refractivity contribution in [3.05, 3.63) is 89.8 Å². The molecule has 7 rings (SSSR count). The number of amides is 2. The number of carbonyl (C=O) groups excluding carboxylic acids is 4. The standard InChI is InChI=1S/C52H60F10N8O8/c1-49(2,51(57,58)59)37(20-44(73)76-5)46(74)66-67(24-36-38(53)16-31(17-39(36)54)40-13-14-70(65-40)47(55)56)25-42(72)32(18-41(71)45(64-48(75)77-6)50(3,4)52(60,61)62)15-28-7-9-29(10-8-28)30-11-12-43(63-21-30)69-23-33-19-34(69)22-68(33)35-26-78-27-35/h7-14,16-17,21,32-35,37,42,45,47,72H,15,18-20,22-27H2,1-6H3,(H,64,75)(H,66,74)/t32-,33-,34-,37-,42+,45-/m1/s1. The summed E-state index contributed by atoms with van der Waals surface area (Å²) >= 11 is 0. The number of hydrazine groups is 1. The molecule has 5 heterocycles. The third kappa shape index (κ3) is 13.0. The zero-order valence-electron chi connectivity index (χ0n) is 43.3. The fraction of sp³-hybridized carbons (Fsp3) is 0.538. The molecular weight excluding hydrogens is 1050 g/mol. The number of pyridine rings is 1. The van der Waals surface area contributed by atoms with Crippen molar-refractivity contribution in [1.29, 1.82) is 0 Å². The predicted molar refractivity (Wildman–Crippen MR) is 260 cm³/mol. The van der Waals surface area contributed by atoms with E-state index in [1.54, 1.807) is 30.5 Å². The Balaban J connectivity index is 1.20. The number of alkyl carbamates (subject to hydrolysis) is 1. The van der Waals surface area contributed by atoms with Crippen LogP contribution in [0, 0.1) is 34.3 Å². The molecule has 3 aliphatic rings. The molecule has 2 aromatic carbocycles. The van der Waals surface area contributed by atoms with Gasteiger partial charge in [-0.15, -0.1) is 0 Å². The number of aromatic nitrogens is 3. The number of anilines is 1. The fourth-order valence-corrected chi connectivity index (χ4v) is 10.0. The van der Waals surface area contributed by atoms with Crippen molar-refractivity contribution in [2.24, 2.45) is 22.7 Å². The fourth-order valence-electron chi connectivity index (χ4n) is 10.0. The van der Waals surface area contributed by atoms with Crippen LogP contribution in [0.2, 0.25) is 0 Å². The number of nitrogens with zero attached hydrogens (tertiary/aromatic N) is 6. The van der Waals surface area contributed by atoms with Gasteiger partial charge in [0.1, 0.15) is 23.5 Å². The van der Waals surface area contributed by atoms with E-state index in [2.05, 4.69) is 29.8 Å². The van der Waals surface area contributed by atoms with Gasteiger partial charge in [-0.3, -0.25) is 24.7 Å². The summed E-state index contributed by atoms with van der Waals surface area (Å²) in [5, 5.41) is 18.3. The van der Waals surface area contributed by atoms with Crippen LogP contribution in [0.5, 0.6) is 0 Å². The number of esters is 1. The molecule has 4 aromatic rings. The van der Waals surface area contributed by atoms with E-state index in [1.807, 2.05) is 17.4 Å². The number of nitrogens with one attached hydrogen (secondary N) is 2. The van der Waals surface area contributed by atoms with Gasteiger partial charge in [0.2, 0.25) is 5.91 Å². The van der Waals surface area contributed by atoms with Crippen LogP contribution >= 0.6 is 0 Å². The van der Waals surface area contributed by atoms with Crippen LogP contribution in [0.25, 0.3) is 22.4 Å². The lowest BCUT2D eigenvalue weighted by Gasteiger charge is -2.42. The van der Waals surface area contributed by atoms with E-state index in [0.29, 0.717) is 79.7 Å². The predicted octanol–water partition coefficient (Wildman–Crippen LogP) is 8.04. The van der Waals surface area contributed by atoms with Crippen molar-refractivity contribution in [3.63, 3.8) is 0 Å². The van der Waals surface area contributed by atoms with Crippen LogP contribution in [0.15, 0.2) is 67.0 Å². The first-order chi connectivity index (χ1) is 36.5. The van der Waals surface area contributed by atoms with Crippen molar-refractivity contribution in [1.82, 2.24) is 35.4 Å². The number of halogens is 10. The molecule has 0 spiro atoms. The Kier molecular flexibility index (Phi) is 17.9. The minimum atomic E-state index is -5.15. The van der Waals surface area contributed by atoms with E-state index in [4.69, 9.17) is 9.72 Å². The summed E-state index contributed by atoms with van der Waals surface area (Å²) in [4.78, 5) is 62.8. The Morgan fingerprint density at radius 1 is 0.821 bits per heavy atom. The van der Waals surface area contributed by atoms with Gasteiger partial charge in [0.25, 0.3) is 0 Å². The number of fused-ring (bicyclic) bond motifs is 2. The SMILES string of the molecule is COC(=O)C[C@H](C(=O)NN(Cc1c(F)cc(-c2ccn(C(F)F)n2)cc1F)C[C@H](O)[C@@H](CC(=O)[C@@H](NC(=O)OC)C(C)(C)C(F)(F)F)Cc1ccc(-c2ccc(N3C[C@H]4C[C@@H]3CN4C3COC3)nc2)cc1)C(C)(C)C(F)(F)F. The number of aliphatic hydroxyl groups is 1. The summed E-state index contributed by atoms with van der Waals surface area (Å²) in [6.45, 7) is 0.500. The third-order valence-corrected chi connectivity index (χ3v) is 15.2. The molecule has 0 saturated carbocycles. The average Bonchev–Trinajstić information content (AvgIpc) is 4.14. The largest absolute Gasteiger partial charge is 0.469 e. The molecule has 426 valence electrons. The van der Waals surface area contributed by atoms with Crippen molar-refractivity contribution in [3.8, 4) is 22.4 Å². The number of ether oxygens (including phenoxy) is 3. The number of rotatable bonds is 22. The topological polar surface area (TPSA) is 181 Å². The van der Waals surface area contributed by atoms with Gasteiger partial charge in [0.05, 0.1) is 68.4 Å². The Hall–Kier alpha value is -6.38. The van der Waals surface area contributed by atoms with E-state index in [1.165, 1.54) is 0 Å². The normalized spacial score (nSPS) is 18.9. The zero-order valence-corrected chi connectivity index (χ0v) is 43.3. The van der Waals surface area contributed by atoms with Crippen LogP contribution in [0.3, 0.4) is 0 Å². The molecule has 78 heavy (non-hydrogen) atoms. The van der Waals surface area contributed by atoms with Gasteiger partial charge < -0.3 is 29.5 Å². The number of Topliss-reactive ketones (excluding diaryl/α,β-unsaturated/α-hetero) is 1. The Morgan fingerprint density at radius 2 is 1.46 bits per heavy atom. The van der Waals surface area contributed by atoms with E-state index in [0.717, 1.165) is 65.0 Å². The molecule has 0 aliphatic carbocycles. The first-order valence-electron chi connectivity index (χ1n) is 24.8. The van der Waals surface area contributed by atoms with Crippen LogP contribution in [-0.4, -0.2) is 143 Å². The summed E-state index contributed by atoms with van der Waals surface area (Å²) in [5.41, 5.74) is -3.56. The molecule has 0 radical (unpaired) electrons. The molecule has 3 N–H and O–H groups in total. The number of likely N-dealkylation sites (tertiary alicyclic amines) is 1. The maximum absolute atomic E-state index is 16.1. The van der Waals surface area contributed by atoms with Gasteiger partial charge in [0, 0.05) is 73.8 Å². The number of methoxy groups -OCH3 is 2. The van der Waals surface area contributed by atoms with Crippen molar-refractivity contribution in [2.45, 2.75) is 109 Å². The number of aliphatic hydroxyl groups excluding tert-OH is 1. The van der Waals surface area contributed by atoms with Gasteiger partial charge in [0.15, 0.2) is 5.78 Å². The van der Waals surface area contributed by atoms with Crippen LogP contribution < -0.4 is 15.6 Å². The number of hydrogen-bond donors (Lipinski definition) is 3. The highest BCUT2D eigenvalue weighted by Crippen LogP contribution is 2.46. The molecule has 0 unspecified atom stereocenters. The van der Waals surface area contributed by atoms with Gasteiger partial charge >= 0.3 is 31.0 Å². The summed E-state index contributed by atoms with van der Waals surface area (Å²) in [6, 6.07) is 11.6. The maximum atomic E-state index is 16.1. The van der Waals surface area contributed by atoms with E-state index >= 15 is 8.78 Å². The average molecular weight is 1120 g/mol. The highest BCUT2D eigenvalue weighted by atomic mass is 19.4. The lowest BCUT2D eigenvalue weighted by atomic mass is 9.75.